The lowest BCUT2D eigenvalue weighted by Crippen LogP contribution is -2.47. The van der Waals surface area contributed by atoms with Crippen LogP contribution < -0.4 is 5.32 Å². The van der Waals surface area contributed by atoms with Crippen molar-refractivity contribution in [2.24, 2.45) is 0 Å². The molecule has 3 rings (SSSR count). The lowest BCUT2D eigenvalue weighted by atomic mass is 10.1. The number of carbonyl (C=O) groups is 2. The smallest absolute Gasteiger partial charge is 0.336 e. The molecule has 142 valence electrons. The molecule has 0 spiro atoms. The number of carboxylic acids is 1. The molecule has 6 nitrogen and oxygen atoms in total. The first-order valence-corrected chi connectivity index (χ1v) is 8.72. The number of aromatic carboxylic acids is 1. The quantitative estimate of drug-likeness (QED) is 0.812. The van der Waals surface area contributed by atoms with Crippen LogP contribution in [0.3, 0.4) is 0 Å². The molecule has 1 atom stereocenters. The van der Waals surface area contributed by atoms with Gasteiger partial charge in [-0.05, 0) is 29.8 Å². The highest BCUT2D eigenvalue weighted by atomic mass is 19.1. The first-order valence-electron chi connectivity index (χ1n) is 8.72. The number of nitrogens with one attached hydrogen (secondary N) is 1. The largest absolute Gasteiger partial charge is 0.478 e. The van der Waals surface area contributed by atoms with Crippen molar-refractivity contribution in [1.82, 2.24) is 10.2 Å². The molecule has 2 aromatic carbocycles. The van der Waals surface area contributed by atoms with Crippen molar-refractivity contribution >= 4 is 11.9 Å². The van der Waals surface area contributed by atoms with Gasteiger partial charge in [-0.3, -0.25) is 9.69 Å². The molecule has 0 aliphatic carbocycles. The van der Waals surface area contributed by atoms with E-state index in [9.17, 15) is 19.1 Å². The van der Waals surface area contributed by atoms with Gasteiger partial charge in [-0.2, -0.15) is 0 Å². The first kappa shape index (κ1) is 19.0. The summed E-state index contributed by atoms with van der Waals surface area (Å²) in [6.07, 6.45) is -0.194. The molecule has 1 unspecified atom stereocenters. The second-order valence-electron chi connectivity index (χ2n) is 6.42. The summed E-state index contributed by atoms with van der Waals surface area (Å²) in [6, 6.07) is 12.5. The number of benzene rings is 2. The summed E-state index contributed by atoms with van der Waals surface area (Å²) in [5.41, 5.74) is 1.11. The summed E-state index contributed by atoms with van der Waals surface area (Å²) >= 11 is 0. The van der Waals surface area contributed by atoms with Gasteiger partial charge in [0.15, 0.2) is 0 Å². The van der Waals surface area contributed by atoms with E-state index in [0.29, 0.717) is 19.7 Å². The molecule has 1 fully saturated rings. The van der Waals surface area contributed by atoms with E-state index in [1.165, 1.54) is 24.3 Å². The van der Waals surface area contributed by atoms with E-state index in [-0.39, 0.29) is 29.6 Å². The van der Waals surface area contributed by atoms with Gasteiger partial charge in [0.05, 0.1) is 23.8 Å². The molecule has 0 bridgehead atoms. The minimum atomic E-state index is -1.14. The van der Waals surface area contributed by atoms with Crippen molar-refractivity contribution < 1.29 is 23.8 Å². The van der Waals surface area contributed by atoms with Gasteiger partial charge in [0.25, 0.3) is 5.91 Å². The predicted molar refractivity (Wildman–Crippen MR) is 97.2 cm³/mol. The second kappa shape index (κ2) is 8.75. The Morgan fingerprint density at radius 3 is 2.56 bits per heavy atom. The molecule has 0 aromatic heterocycles. The summed E-state index contributed by atoms with van der Waals surface area (Å²) < 4.78 is 18.7. The number of amides is 1. The number of hydrogen-bond acceptors (Lipinski definition) is 4. The molecular weight excluding hydrogens is 351 g/mol. The van der Waals surface area contributed by atoms with E-state index in [4.69, 9.17) is 4.74 Å². The summed E-state index contributed by atoms with van der Waals surface area (Å²) in [7, 11) is 0. The summed E-state index contributed by atoms with van der Waals surface area (Å²) in [5, 5.41) is 11.9. The minimum absolute atomic E-state index is 0.0301. The van der Waals surface area contributed by atoms with E-state index in [1.807, 2.05) is 0 Å². The third kappa shape index (κ3) is 5.12. The highest BCUT2D eigenvalue weighted by molar-refractivity contribution is 6.04. The van der Waals surface area contributed by atoms with Crippen LogP contribution in [0.1, 0.15) is 26.3 Å². The number of ether oxygens (including phenoxy) is 1. The number of carboxylic acid groups (broad SMARTS) is 1. The van der Waals surface area contributed by atoms with Crippen LogP contribution in [0, 0.1) is 5.82 Å². The lowest BCUT2D eigenvalue weighted by Gasteiger charge is -2.33. The molecule has 1 amide bonds. The molecule has 1 aliphatic heterocycles. The Morgan fingerprint density at radius 1 is 1.15 bits per heavy atom. The number of nitrogens with zero attached hydrogens (tertiary/aromatic N) is 1. The first-order chi connectivity index (χ1) is 13.0. The molecule has 0 saturated carbocycles. The molecule has 1 saturated heterocycles. The molecular formula is C20H21FN2O4. The van der Waals surface area contributed by atoms with Gasteiger partial charge in [0, 0.05) is 26.2 Å². The average molecular weight is 372 g/mol. The Bertz CT molecular complexity index is 810. The van der Waals surface area contributed by atoms with E-state index >= 15 is 0 Å². The SMILES string of the molecule is O=C(O)c1ccccc1C(=O)NCC1CN(Cc2ccc(F)cc2)CCO1. The van der Waals surface area contributed by atoms with Crippen LogP contribution in [0.4, 0.5) is 4.39 Å². The third-order valence-corrected chi connectivity index (χ3v) is 4.43. The number of rotatable bonds is 6. The second-order valence-corrected chi connectivity index (χ2v) is 6.42. The van der Waals surface area contributed by atoms with E-state index in [2.05, 4.69) is 10.2 Å². The van der Waals surface area contributed by atoms with Crippen molar-refractivity contribution in [3.05, 3.63) is 71.0 Å². The molecule has 2 aromatic rings. The molecule has 2 N–H and O–H groups in total. The van der Waals surface area contributed by atoms with Crippen molar-refractivity contribution in [2.75, 3.05) is 26.2 Å². The summed E-state index contributed by atoms with van der Waals surface area (Å²) in [5.74, 6) is -1.84. The van der Waals surface area contributed by atoms with Crippen LogP contribution in [0.5, 0.6) is 0 Å². The highest BCUT2D eigenvalue weighted by Crippen LogP contribution is 2.12. The highest BCUT2D eigenvalue weighted by Gasteiger charge is 2.22. The van der Waals surface area contributed by atoms with Gasteiger partial charge in [-0.1, -0.05) is 24.3 Å². The van der Waals surface area contributed by atoms with E-state index in [0.717, 1.165) is 12.1 Å². The van der Waals surface area contributed by atoms with Crippen LogP contribution >= 0.6 is 0 Å². The maximum Gasteiger partial charge on any atom is 0.336 e. The topological polar surface area (TPSA) is 78.9 Å². The summed E-state index contributed by atoms with van der Waals surface area (Å²) in [4.78, 5) is 25.8. The van der Waals surface area contributed by atoms with Gasteiger partial charge >= 0.3 is 5.97 Å². The zero-order chi connectivity index (χ0) is 19.2. The van der Waals surface area contributed by atoms with Crippen molar-refractivity contribution in [2.45, 2.75) is 12.6 Å². The third-order valence-electron chi connectivity index (χ3n) is 4.43. The number of halogens is 1. The maximum atomic E-state index is 13.0. The minimum Gasteiger partial charge on any atom is -0.478 e. The number of carbonyl (C=O) groups excluding carboxylic acids is 1. The fraction of sp³-hybridized carbons (Fsp3) is 0.300. The van der Waals surface area contributed by atoms with Crippen LogP contribution in [0.15, 0.2) is 48.5 Å². The molecule has 0 radical (unpaired) electrons. The monoisotopic (exact) mass is 372 g/mol. The van der Waals surface area contributed by atoms with E-state index < -0.39 is 11.9 Å². The van der Waals surface area contributed by atoms with Gasteiger partial charge in [-0.15, -0.1) is 0 Å². The normalized spacial score (nSPS) is 17.4. The van der Waals surface area contributed by atoms with Crippen LogP contribution in [-0.4, -0.2) is 54.2 Å². The Labute approximate surface area is 156 Å². The Morgan fingerprint density at radius 2 is 1.85 bits per heavy atom. The molecule has 7 heteroatoms. The van der Waals surface area contributed by atoms with Crippen LogP contribution in [0.2, 0.25) is 0 Å². The van der Waals surface area contributed by atoms with Gasteiger partial charge in [0.1, 0.15) is 5.82 Å². The standard InChI is InChI=1S/C20H21FN2O4/c21-15-7-5-14(6-8-15)12-23-9-10-27-16(13-23)11-22-19(24)17-3-1-2-4-18(17)20(25)26/h1-8,16H,9-13H2,(H,22,24)(H,25,26). The zero-order valence-electron chi connectivity index (χ0n) is 14.7. The average Bonchev–Trinajstić information content (AvgIpc) is 2.68. The van der Waals surface area contributed by atoms with Crippen LogP contribution in [0.25, 0.3) is 0 Å². The van der Waals surface area contributed by atoms with Gasteiger partial charge < -0.3 is 15.2 Å². The fourth-order valence-corrected chi connectivity index (χ4v) is 3.06. The summed E-state index contributed by atoms with van der Waals surface area (Å²) in [6.45, 7) is 2.87. The molecule has 27 heavy (non-hydrogen) atoms. The van der Waals surface area contributed by atoms with Crippen molar-refractivity contribution in [3.8, 4) is 0 Å². The number of morpholine rings is 1. The lowest BCUT2D eigenvalue weighted by molar-refractivity contribution is -0.0292. The Kier molecular flexibility index (Phi) is 6.16. The fourth-order valence-electron chi connectivity index (χ4n) is 3.06. The van der Waals surface area contributed by atoms with Crippen molar-refractivity contribution in [3.63, 3.8) is 0 Å². The number of hydrogen-bond donors (Lipinski definition) is 2. The van der Waals surface area contributed by atoms with Gasteiger partial charge in [0.2, 0.25) is 0 Å². The molecule has 1 heterocycles. The van der Waals surface area contributed by atoms with Crippen LogP contribution in [-0.2, 0) is 11.3 Å². The van der Waals surface area contributed by atoms with E-state index in [1.54, 1.807) is 24.3 Å². The molecule has 1 aliphatic rings. The Hall–Kier alpha value is -2.77. The zero-order valence-corrected chi connectivity index (χ0v) is 14.7. The maximum absolute atomic E-state index is 13.0. The Balaban J connectivity index is 1.54. The van der Waals surface area contributed by atoms with Gasteiger partial charge in [-0.25, -0.2) is 9.18 Å². The van der Waals surface area contributed by atoms with Crippen molar-refractivity contribution in [1.29, 1.82) is 0 Å². The predicted octanol–water partition coefficient (Wildman–Crippen LogP) is 2.15.